The molecule has 0 aliphatic heterocycles. The quantitative estimate of drug-likeness (QED) is 0.542. The van der Waals surface area contributed by atoms with Crippen LogP contribution in [0.1, 0.15) is 5.56 Å². The molecule has 2 aromatic carbocycles. The van der Waals surface area contributed by atoms with Crippen molar-refractivity contribution >= 4 is 44.6 Å². The zero-order chi connectivity index (χ0) is 19.2. The van der Waals surface area contributed by atoms with E-state index in [0.717, 1.165) is 21.4 Å². The lowest BCUT2D eigenvalue weighted by Crippen LogP contribution is -2.19. The molecule has 0 aliphatic rings. The normalized spacial score (nSPS) is 10.3. The summed E-state index contributed by atoms with van der Waals surface area (Å²) in [5.41, 5.74) is 2.66. The Morgan fingerprint density at radius 2 is 1.93 bits per heavy atom. The first-order chi connectivity index (χ1) is 13.1. The van der Waals surface area contributed by atoms with Crippen LogP contribution in [-0.2, 0) is 6.54 Å². The van der Waals surface area contributed by atoms with Gasteiger partial charge in [-0.25, -0.2) is 0 Å². The highest BCUT2D eigenvalue weighted by Gasteiger charge is 2.11. The van der Waals surface area contributed by atoms with Crippen LogP contribution in [-0.4, -0.2) is 29.1 Å². The van der Waals surface area contributed by atoms with Gasteiger partial charge in [-0.15, -0.1) is 0 Å². The number of thiocarbonyl (C=S) groups is 1. The maximum atomic E-state index is 5.47. The molecule has 0 bridgehead atoms. The van der Waals surface area contributed by atoms with Gasteiger partial charge in [0.1, 0.15) is 0 Å². The predicted molar refractivity (Wildman–Crippen MR) is 115 cm³/mol. The standard InChI is InChI=1S/C19H19BrN4O2S/c1-25-17-9-5-6-13(18(17)26-2)11-24-12-14(10-21-24)22-19(27)23-16-8-4-3-7-15(16)20/h3-10,12H,11H2,1-2H3,(H2,22,23,27). The Labute approximate surface area is 171 Å². The molecule has 27 heavy (non-hydrogen) atoms. The predicted octanol–water partition coefficient (Wildman–Crippen LogP) is 4.52. The minimum absolute atomic E-state index is 0.486. The number of methoxy groups -OCH3 is 2. The van der Waals surface area contributed by atoms with Crippen LogP contribution in [0.4, 0.5) is 11.4 Å². The summed E-state index contributed by atoms with van der Waals surface area (Å²) in [7, 11) is 3.25. The van der Waals surface area contributed by atoms with E-state index in [1.807, 2.05) is 48.7 Å². The lowest BCUT2D eigenvalue weighted by molar-refractivity contribution is 0.350. The number of hydrogen-bond acceptors (Lipinski definition) is 4. The summed E-state index contributed by atoms with van der Waals surface area (Å²) < 4.78 is 13.6. The van der Waals surface area contributed by atoms with E-state index in [-0.39, 0.29) is 0 Å². The number of para-hydroxylation sites is 2. The molecule has 1 heterocycles. The second-order valence-corrected chi connectivity index (χ2v) is 6.90. The molecular formula is C19H19BrN4O2S. The molecule has 0 amide bonds. The molecule has 0 saturated heterocycles. The number of rotatable bonds is 6. The summed E-state index contributed by atoms with van der Waals surface area (Å²) in [6.07, 6.45) is 3.60. The minimum Gasteiger partial charge on any atom is -0.493 e. The van der Waals surface area contributed by atoms with Crippen molar-refractivity contribution in [3.63, 3.8) is 0 Å². The Balaban J connectivity index is 1.67. The highest BCUT2D eigenvalue weighted by atomic mass is 79.9. The first-order valence-electron chi connectivity index (χ1n) is 8.15. The minimum atomic E-state index is 0.486. The number of aromatic nitrogens is 2. The summed E-state index contributed by atoms with van der Waals surface area (Å²) in [5, 5.41) is 11.2. The molecule has 0 unspecified atom stereocenters. The van der Waals surface area contributed by atoms with Gasteiger partial charge in [-0.1, -0.05) is 24.3 Å². The van der Waals surface area contributed by atoms with E-state index in [0.29, 0.717) is 23.2 Å². The van der Waals surface area contributed by atoms with Crippen molar-refractivity contribution in [3.05, 3.63) is 64.9 Å². The smallest absolute Gasteiger partial charge is 0.175 e. The summed E-state index contributed by atoms with van der Waals surface area (Å²) in [6.45, 7) is 0.548. The van der Waals surface area contributed by atoms with Crippen LogP contribution in [0.15, 0.2) is 59.3 Å². The van der Waals surface area contributed by atoms with Gasteiger partial charge in [0.25, 0.3) is 0 Å². The van der Waals surface area contributed by atoms with Crippen molar-refractivity contribution in [2.24, 2.45) is 0 Å². The molecule has 0 radical (unpaired) electrons. The molecule has 0 saturated carbocycles. The van der Waals surface area contributed by atoms with Gasteiger partial charge in [0.2, 0.25) is 0 Å². The molecule has 1 aromatic heterocycles. The number of nitrogens with one attached hydrogen (secondary N) is 2. The first kappa shape index (κ1) is 19.2. The second-order valence-electron chi connectivity index (χ2n) is 5.64. The number of halogens is 1. The molecular weight excluding hydrogens is 428 g/mol. The van der Waals surface area contributed by atoms with Crippen LogP contribution in [0.5, 0.6) is 11.5 Å². The molecule has 0 spiro atoms. The molecule has 8 heteroatoms. The van der Waals surface area contributed by atoms with Crippen LogP contribution < -0.4 is 20.1 Å². The van der Waals surface area contributed by atoms with E-state index in [4.69, 9.17) is 21.7 Å². The summed E-state index contributed by atoms with van der Waals surface area (Å²) in [4.78, 5) is 0. The third kappa shape index (κ3) is 4.78. The SMILES string of the molecule is COc1cccc(Cn2cc(NC(=S)Nc3ccccc3Br)cn2)c1OC. The fourth-order valence-corrected chi connectivity index (χ4v) is 3.23. The molecule has 2 N–H and O–H groups in total. The Morgan fingerprint density at radius 3 is 2.67 bits per heavy atom. The van der Waals surface area contributed by atoms with Crippen LogP contribution in [0, 0.1) is 0 Å². The van der Waals surface area contributed by atoms with Crippen molar-refractivity contribution < 1.29 is 9.47 Å². The summed E-state index contributed by atoms with van der Waals surface area (Å²) >= 11 is 8.86. The Kier molecular flexibility index (Phi) is 6.31. The zero-order valence-corrected chi connectivity index (χ0v) is 17.3. The van der Waals surface area contributed by atoms with Crippen molar-refractivity contribution in [2.75, 3.05) is 24.9 Å². The van der Waals surface area contributed by atoms with Crippen molar-refractivity contribution in [3.8, 4) is 11.5 Å². The third-order valence-corrected chi connectivity index (χ3v) is 4.73. The largest absolute Gasteiger partial charge is 0.493 e. The average molecular weight is 447 g/mol. The van der Waals surface area contributed by atoms with Gasteiger partial charge in [0.05, 0.1) is 38.3 Å². The zero-order valence-electron chi connectivity index (χ0n) is 14.9. The molecule has 0 aliphatic carbocycles. The lowest BCUT2D eigenvalue weighted by Gasteiger charge is -2.12. The number of anilines is 2. The van der Waals surface area contributed by atoms with E-state index in [1.165, 1.54) is 0 Å². The van der Waals surface area contributed by atoms with Crippen molar-refractivity contribution in [1.82, 2.24) is 9.78 Å². The molecule has 6 nitrogen and oxygen atoms in total. The molecule has 3 rings (SSSR count). The average Bonchev–Trinajstić information content (AvgIpc) is 3.10. The molecule has 140 valence electrons. The van der Waals surface area contributed by atoms with Gasteiger partial charge in [0, 0.05) is 16.2 Å². The van der Waals surface area contributed by atoms with Gasteiger partial charge in [-0.05, 0) is 46.3 Å². The van der Waals surface area contributed by atoms with Gasteiger partial charge in [-0.2, -0.15) is 5.10 Å². The maximum absolute atomic E-state index is 5.47. The summed E-state index contributed by atoms with van der Waals surface area (Å²) in [5.74, 6) is 1.40. The topological polar surface area (TPSA) is 60.3 Å². The first-order valence-corrected chi connectivity index (χ1v) is 9.35. The summed E-state index contributed by atoms with van der Waals surface area (Å²) in [6, 6.07) is 13.6. The van der Waals surface area contributed by atoms with Gasteiger partial charge in [0.15, 0.2) is 16.6 Å². The number of ether oxygens (including phenoxy) is 2. The molecule has 0 fully saturated rings. The number of benzene rings is 2. The fraction of sp³-hybridized carbons (Fsp3) is 0.158. The van der Waals surface area contributed by atoms with E-state index in [2.05, 4.69) is 31.7 Å². The maximum Gasteiger partial charge on any atom is 0.175 e. The van der Waals surface area contributed by atoms with Crippen molar-refractivity contribution in [1.29, 1.82) is 0 Å². The number of hydrogen-bond donors (Lipinski definition) is 2. The van der Waals surface area contributed by atoms with E-state index in [1.54, 1.807) is 25.1 Å². The van der Waals surface area contributed by atoms with E-state index < -0.39 is 0 Å². The number of nitrogens with zero attached hydrogens (tertiary/aromatic N) is 2. The van der Waals surface area contributed by atoms with E-state index in [9.17, 15) is 0 Å². The second kappa shape index (κ2) is 8.88. The Hall–Kier alpha value is -2.58. The monoisotopic (exact) mass is 446 g/mol. The van der Waals surface area contributed by atoms with Crippen LogP contribution in [0.25, 0.3) is 0 Å². The molecule has 3 aromatic rings. The highest BCUT2D eigenvalue weighted by Crippen LogP contribution is 2.31. The van der Waals surface area contributed by atoms with Gasteiger partial charge in [-0.3, -0.25) is 4.68 Å². The van der Waals surface area contributed by atoms with Crippen LogP contribution >= 0.6 is 28.1 Å². The third-order valence-electron chi connectivity index (χ3n) is 3.83. The van der Waals surface area contributed by atoms with Crippen LogP contribution in [0.3, 0.4) is 0 Å². The lowest BCUT2D eigenvalue weighted by atomic mass is 10.2. The van der Waals surface area contributed by atoms with Crippen molar-refractivity contribution in [2.45, 2.75) is 6.54 Å². The van der Waals surface area contributed by atoms with Gasteiger partial charge >= 0.3 is 0 Å². The van der Waals surface area contributed by atoms with E-state index >= 15 is 0 Å². The highest BCUT2D eigenvalue weighted by molar-refractivity contribution is 9.10. The molecule has 0 atom stereocenters. The van der Waals surface area contributed by atoms with Crippen LogP contribution in [0.2, 0.25) is 0 Å². The van der Waals surface area contributed by atoms with Gasteiger partial charge < -0.3 is 20.1 Å². The Morgan fingerprint density at radius 1 is 1.11 bits per heavy atom. The Bertz CT molecular complexity index is 945. The fourth-order valence-electron chi connectivity index (χ4n) is 2.61.